The van der Waals surface area contributed by atoms with Gasteiger partial charge in [-0.2, -0.15) is 5.26 Å². The number of benzene rings is 1. The number of carbonyl (C=O) groups is 1. The van der Waals surface area contributed by atoms with Gasteiger partial charge in [0.05, 0.1) is 25.4 Å². The number of ether oxygens (including phenoxy) is 1. The molecule has 0 radical (unpaired) electrons. The van der Waals surface area contributed by atoms with Gasteiger partial charge in [-0.25, -0.2) is 0 Å². The van der Waals surface area contributed by atoms with E-state index >= 15 is 0 Å². The van der Waals surface area contributed by atoms with Crippen molar-refractivity contribution in [2.75, 3.05) is 31.8 Å². The van der Waals surface area contributed by atoms with Crippen molar-refractivity contribution in [2.24, 2.45) is 0 Å². The summed E-state index contributed by atoms with van der Waals surface area (Å²) in [6.07, 6.45) is 0.335. The molecule has 0 spiro atoms. The van der Waals surface area contributed by atoms with Crippen LogP contribution in [0.25, 0.3) is 0 Å². The zero-order valence-corrected chi connectivity index (χ0v) is 15.0. The van der Waals surface area contributed by atoms with Gasteiger partial charge in [0.1, 0.15) is 5.75 Å². The van der Waals surface area contributed by atoms with Gasteiger partial charge >= 0.3 is 0 Å². The second-order valence-corrected chi connectivity index (χ2v) is 6.94. The Bertz CT molecular complexity index is 711. The van der Waals surface area contributed by atoms with E-state index in [1.165, 1.54) is 23.1 Å². The number of anilines is 2. The molecular weight excluding hydrogens is 346 g/mol. The number of amides is 1. The van der Waals surface area contributed by atoms with Gasteiger partial charge in [0.15, 0.2) is 4.34 Å². The Morgan fingerprint density at radius 1 is 1.42 bits per heavy atom. The molecule has 0 unspecified atom stereocenters. The van der Waals surface area contributed by atoms with Crippen molar-refractivity contribution in [3.8, 4) is 11.8 Å². The lowest BCUT2D eigenvalue weighted by Gasteiger charge is -2.14. The van der Waals surface area contributed by atoms with Gasteiger partial charge in [-0.15, -0.1) is 10.2 Å². The number of aromatic nitrogens is 2. The van der Waals surface area contributed by atoms with E-state index in [4.69, 9.17) is 10.00 Å². The second-order valence-electron chi connectivity index (χ2n) is 4.74. The number of rotatable bonds is 8. The van der Waals surface area contributed by atoms with Gasteiger partial charge in [0.2, 0.25) is 11.0 Å². The molecule has 126 valence electrons. The summed E-state index contributed by atoms with van der Waals surface area (Å²) in [7, 11) is 3.31. The Morgan fingerprint density at radius 3 is 2.83 bits per heavy atom. The van der Waals surface area contributed by atoms with Crippen LogP contribution < -0.4 is 10.1 Å². The summed E-state index contributed by atoms with van der Waals surface area (Å²) >= 11 is 2.72. The smallest absolute Gasteiger partial charge is 0.232 e. The lowest BCUT2D eigenvalue weighted by molar-refractivity contribution is -0.127. The molecule has 1 amide bonds. The highest BCUT2D eigenvalue weighted by Gasteiger charge is 2.11. The summed E-state index contributed by atoms with van der Waals surface area (Å²) < 4.78 is 5.83. The first-order chi connectivity index (χ1) is 11.6. The normalized spacial score (nSPS) is 10.0. The Kier molecular flexibility index (Phi) is 6.84. The molecule has 0 fully saturated rings. The third kappa shape index (κ3) is 5.40. The third-order valence-electron chi connectivity index (χ3n) is 3.05. The van der Waals surface area contributed by atoms with E-state index in [0.29, 0.717) is 22.4 Å². The summed E-state index contributed by atoms with van der Waals surface area (Å²) in [5.74, 6) is 1.03. The first-order valence-corrected chi connectivity index (χ1v) is 8.91. The maximum atomic E-state index is 11.9. The zero-order chi connectivity index (χ0) is 17.4. The molecule has 2 aromatic rings. The van der Waals surface area contributed by atoms with Crippen LogP contribution >= 0.6 is 23.1 Å². The quantitative estimate of drug-likeness (QED) is 0.721. The predicted molar refractivity (Wildman–Crippen MR) is 94.8 cm³/mol. The fraction of sp³-hybridized carbons (Fsp3) is 0.333. The fourth-order valence-corrected chi connectivity index (χ4v) is 3.41. The molecule has 0 aliphatic heterocycles. The molecule has 0 bridgehead atoms. The molecule has 2 rings (SSSR count). The number of nitriles is 1. The first-order valence-electron chi connectivity index (χ1n) is 7.10. The molecule has 1 heterocycles. The largest absolute Gasteiger partial charge is 0.497 e. The van der Waals surface area contributed by atoms with E-state index in [-0.39, 0.29) is 11.7 Å². The molecule has 0 aliphatic rings. The molecule has 0 atom stereocenters. The van der Waals surface area contributed by atoms with Crippen LogP contribution in [0, 0.1) is 11.3 Å². The third-order valence-corrected chi connectivity index (χ3v) is 5.01. The second kappa shape index (κ2) is 9.10. The average Bonchev–Trinajstić information content (AvgIpc) is 3.05. The van der Waals surface area contributed by atoms with Crippen LogP contribution in [0.5, 0.6) is 5.75 Å². The molecule has 1 aromatic heterocycles. The van der Waals surface area contributed by atoms with Crippen LogP contribution in [0.15, 0.2) is 28.6 Å². The number of hydrogen-bond acceptors (Lipinski definition) is 8. The van der Waals surface area contributed by atoms with Gasteiger partial charge in [0.25, 0.3) is 0 Å². The van der Waals surface area contributed by atoms with Gasteiger partial charge < -0.3 is 15.0 Å². The number of carbonyl (C=O) groups excluding carboxylic acids is 1. The van der Waals surface area contributed by atoms with Gasteiger partial charge in [0, 0.05) is 19.3 Å². The van der Waals surface area contributed by atoms with E-state index in [1.807, 2.05) is 30.3 Å². The van der Waals surface area contributed by atoms with E-state index in [1.54, 1.807) is 19.1 Å². The number of nitrogens with zero attached hydrogens (tertiary/aromatic N) is 4. The maximum absolute atomic E-state index is 11.9. The SMILES string of the molecule is COc1ccc(Nc2nnc(SCC(=O)N(C)CCC#N)s2)cc1. The molecule has 0 saturated heterocycles. The van der Waals surface area contributed by atoms with Crippen molar-refractivity contribution < 1.29 is 9.53 Å². The number of methoxy groups -OCH3 is 1. The van der Waals surface area contributed by atoms with Crippen molar-refractivity contribution >= 4 is 39.8 Å². The summed E-state index contributed by atoms with van der Waals surface area (Å²) in [6.45, 7) is 0.441. The summed E-state index contributed by atoms with van der Waals surface area (Å²) in [4.78, 5) is 13.5. The average molecular weight is 363 g/mol. The summed E-state index contributed by atoms with van der Waals surface area (Å²) in [5.41, 5.74) is 0.885. The Balaban J connectivity index is 1.84. The zero-order valence-electron chi connectivity index (χ0n) is 13.4. The Morgan fingerprint density at radius 2 is 2.17 bits per heavy atom. The Labute approximate surface area is 148 Å². The van der Waals surface area contributed by atoms with Gasteiger partial charge in [-0.1, -0.05) is 23.1 Å². The minimum atomic E-state index is -0.0323. The number of nitrogens with one attached hydrogen (secondary N) is 1. The molecular formula is C15H17N5O2S2. The van der Waals surface area contributed by atoms with E-state index < -0.39 is 0 Å². The van der Waals surface area contributed by atoms with Crippen molar-refractivity contribution in [3.63, 3.8) is 0 Å². The van der Waals surface area contributed by atoms with Crippen LogP contribution in [0.3, 0.4) is 0 Å². The molecule has 1 aromatic carbocycles. The molecule has 0 saturated carbocycles. The molecule has 7 nitrogen and oxygen atoms in total. The van der Waals surface area contributed by atoms with Crippen LogP contribution in [0.2, 0.25) is 0 Å². The lowest BCUT2D eigenvalue weighted by atomic mass is 10.3. The topological polar surface area (TPSA) is 91.1 Å². The highest BCUT2D eigenvalue weighted by molar-refractivity contribution is 8.01. The summed E-state index contributed by atoms with van der Waals surface area (Å²) in [6, 6.07) is 9.51. The van der Waals surface area contributed by atoms with Crippen molar-refractivity contribution in [3.05, 3.63) is 24.3 Å². The monoisotopic (exact) mass is 363 g/mol. The fourth-order valence-electron chi connectivity index (χ4n) is 1.69. The molecule has 0 aliphatic carbocycles. The van der Waals surface area contributed by atoms with Crippen LogP contribution in [0.1, 0.15) is 6.42 Å². The minimum absolute atomic E-state index is 0.0323. The van der Waals surface area contributed by atoms with Crippen LogP contribution in [-0.4, -0.2) is 47.5 Å². The predicted octanol–water partition coefficient (Wildman–Crippen LogP) is 2.75. The van der Waals surface area contributed by atoms with Crippen molar-refractivity contribution in [1.82, 2.24) is 15.1 Å². The van der Waals surface area contributed by atoms with Crippen LogP contribution in [0.4, 0.5) is 10.8 Å². The van der Waals surface area contributed by atoms with Gasteiger partial charge in [-0.3, -0.25) is 4.79 Å². The maximum Gasteiger partial charge on any atom is 0.232 e. The summed E-state index contributed by atoms with van der Waals surface area (Å²) in [5, 5.41) is 20.5. The first kappa shape index (κ1) is 18.0. The highest BCUT2D eigenvalue weighted by atomic mass is 32.2. The standard InChI is InChI=1S/C15H17N5O2S2/c1-20(9-3-8-16)13(21)10-23-15-19-18-14(24-15)17-11-4-6-12(22-2)7-5-11/h4-7H,3,9-10H2,1-2H3,(H,17,18). The van der Waals surface area contributed by atoms with E-state index in [0.717, 1.165) is 11.4 Å². The minimum Gasteiger partial charge on any atom is -0.497 e. The molecule has 1 N–H and O–H groups in total. The van der Waals surface area contributed by atoms with Crippen molar-refractivity contribution in [2.45, 2.75) is 10.8 Å². The lowest BCUT2D eigenvalue weighted by Crippen LogP contribution is -2.29. The van der Waals surface area contributed by atoms with E-state index in [2.05, 4.69) is 15.5 Å². The Hall–Kier alpha value is -2.31. The van der Waals surface area contributed by atoms with Gasteiger partial charge in [-0.05, 0) is 24.3 Å². The van der Waals surface area contributed by atoms with Crippen molar-refractivity contribution in [1.29, 1.82) is 5.26 Å². The molecule has 24 heavy (non-hydrogen) atoms. The number of thioether (sulfide) groups is 1. The van der Waals surface area contributed by atoms with Crippen LogP contribution in [-0.2, 0) is 4.79 Å². The molecule has 9 heteroatoms. The van der Waals surface area contributed by atoms with E-state index in [9.17, 15) is 4.79 Å². The number of hydrogen-bond donors (Lipinski definition) is 1. The highest BCUT2D eigenvalue weighted by Crippen LogP contribution is 2.28.